The molecule has 2 aromatic rings. The minimum Gasteiger partial charge on any atom is -0.368 e. The van der Waals surface area contributed by atoms with Gasteiger partial charge < -0.3 is 10.6 Å². The minimum atomic E-state index is 0.308. The Kier molecular flexibility index (Phi) is 4.76. The second kappa shape index (κ2) is 6.54. The van der Waals surface area contributed by atoms with Gasteiger partial charge in [-0.3, -0.25) is 0 Å². The lowest BCUT2D eigenvalue weighted by Crippen LogP contribution is -2.14. The molecule has 0 spiro atoms. The van der Waals surface area contributed by atoms with Crippen molar-refractivity contribution in [3.05, 3.63) is 36.5 Å². The normalized spacial score (nSPS) is 10.9. The van der Waals surface area contributed by atoms with Gasteiger partial charge in [0.15, 0.2) is 0 Å². The summed E-state index contributed by atoms with van der Waals surface area (Å²) in [5, 5.41) is 0. The number of aromatic nitrogens is 2. The van der Waals surface area contributed by atoms with Crippen LogP contribution in [0.2, 0.25) is 0 Å². The quantitative estimate of drug-likeness (QED) is 0.848. The zero-order valence-electron chi connectivity index (χ0n) is 11.2. The Labute approximate surface area is 118 Å². The fraction of sp³-hybridized carbons (Fsp3) is 0.286. The predicted octanol–water partition coefficient (Wildman–Crippen LogP) is 2.38. The number of rotatable bonds is 5. The molecule has 2 rings (SSSR count). The average molecular weight is 274 g/mol. The van der Waals surface area contributed by atoms with Gasteiger partial charge in [0.25, 0.3) is 0 Å². The molecule has 0 fully saturated rings. The van der Waals surface area contributed by atoms with Gasteiger partial charge in [-0.25, -0.2) is 9.97 Å². The lowest BCUT2D eigenvalue weighted by atomic mass is 10.1. The second-order valence-electron chi connectivity index (χ2n) is 4.48. The summed E-state index contributed by atoms with van der Waals surface area (Å²) in [4.78, 5) is 11.6. The molecule has 0 bridgehead atoms. The maximum atomic E-state index is 5.61. The summed E-state index contributed by atoms with van der Waals surface area (Å²) >= 11 is 1.85. The van der Waals surface area contributed by atoms with E-state index in [9.17, 15) is 0 Å². The smallest absolute Gasteiger partial charge is 0.220 e. The van der Waals surface area contributed by atoms with Gasteiger partial charge in [0.05, 0.1) is 5.69 Å². The van der Waals surface area contributed by atoms with Crippen molar-refractivity contribution in [3.63, 3.8) is 0 Å². The molecular weight excluding hydrogens is 256 g/mol. The minimum absolute atomic E-state index is 0.308. The number of nitrogen functional groups attached to an aromatic ring is 1. The molecule has 19 heavy (non-hydrogen) atoms. The Morgan fingerprint density at radius 2 is 2.11 bits per heavy atom. The molecule has 5 heteroatoms. The van der Waals surface area contributed by atoms with Crippen molar-refractivity contribution >= 4 is 17.7 Å². The maximum absolute atomic E-state index is 5.61. The Hall–Kier alpha value is -1.59. The predicted molar refractivity (Wildman–Crippen MR) is 81.2 cm³/mol. The zero-order chi connectivity index (χ0) is 13.7. The molecule has 0 aliphatic carbocycles. The molecule has 0 atom stereocenters. The first-order valence-electron chi connectivity index (χ1n) is 6.11. The van der Waals surface area contributed by atoms with Crippen molar-refractivity contribution in [2.24, 2.45) is 0 Å². The Morgan fingerprint density at radius 3 is 2.84 bits per heavy atom. The number of benzene rings is 1. The van der Waals surface area contributed by atoms with Crippen LogP contribution in [-0.2, 0) is 0 Å². The highest BCUT2D eigenvalue weighted by molar-refractivity contribution is 7.99. The lowest BCUT2D eigenvalue weighted by molar-refractivity contribution is 0.437. The van der Waals surface area contributed by atoms with Gasteiger partial charge in [0.2, 0.25) is 5.95 Å². The van der Waals surface area contributed by atoms with Crippen molar-refractivity contribution in [2.75, 3.05) is 32.1 Å². The van der Waals surface area contributed by atoms with Gasteiger partial charge >= 0.3 is 0 Å². The fourth-order valence-electron chi connectivity index (χ4n) is 1.63. The summed E-state index contributed by atoms with van der Waals surface area (Å²) in [6, 6.07) is 10.2. The van der Waals surface area contributed by atoms with Crippen LogP contribution in [0.3, 0.4) is 0 Å². The van der Waals surface area contributed by atoms with Crippen molar-refractivity contribution in [1.29, 1.82) is 0 Å². The summed E-state index contributed by atoms with van der Waals surface area (Å²) < 4.78 is 0. The van der Waals surface area contributed by atoms with Crippen LogP contribution in [0.5, 0.6) is 0 Å². The van der Waals surface area contributed by atoms with E-state index < -0.39 is 0 Å². The standard InChI is InChI=1S/C14H18N4S/c1-18(2)8-9-19-12-5-3-4-11(10-12)13-6-7-16-14(15)17-13/h3-7,10H,8-9H2,1-2H3,(H2,15,16,17). The van der Waals surface area contributed by atoms with Crippen LogP contribution in [0, 0.1) is 0 Å². The zero-order valence-corrected chi connectivity index (χ0v) is 12.0. The van der Waals surface area contributed by atoms with E-state index in [0.29, 0.717) is 5.95 Å². The summed E-state index contributed by atoms with van der Waals surface area (Å²) in [5.74, 6) is 1.38. The summed E-state index contributed by atoms with van der Waals surface area (Å²) in [7, 11) is 4.17. The first kappa shape index (κ1) is 13.8. The molecule has 0 aliphatic rings. The lowest BCUT2D eigenvalue weighted by Gasteiger charge is -2.09. The maximum Gasteiger partial charge on any atom is 0.220 e. The number of nitrogens with zero attached hydrogens (tertiary/aromatic N) is 3. The van der Waals surface area contributed by atoms with E-state index in [2.05, 4.69) is 41.1 Å². The molecule has 0 unspecified atom stereocenters. The largest absolute Gasteiger partial charge is 0.368 e. The van der Waals surface area contributed by atoms with Crippen LogP contribution < -0.4 is 5.73 Å². The van der Waals surface area contributed by atoms with Crippen molar-refractivity contribution in [2.45, 2.75) is 4.90 Å². The second-order valence-corrected chi connectivity index (χ2v) is 5.65. The van der Waals surface area contributed by atoms with Crippen LogP contribution in [0.4, 0.5) is 5.95 Å². The van der Waals surface area contributed by atoms with Crippen LogP contribution in [0.1, 0.15) is 0 Å². The molecule has 0 saturated carbocycles. The van der Waals surface area contributed by atoms with E-state index in [-0.39, 0.29) is 0 Å². The van der Waals surface area contributed by atoms with Crippen molar-refractivity contribution in [1.82, 2.24) is 14.9 Å². The van der Waals surface area contributed by atoms with Gasteiger partial charge in [-0.2, -0.15) is 0 Å². The van der Waals surface area contributed by atoms with E-state index in [1.807, 2.05) is 30.0 Å². The topological polar surface area (TPSA) is 55.0 Å². The Balaban J connectivity index is 2.11. The van der Waals surface area contributed by atoms with Crippen molar-refractivity contribution < 1.29 is 0 Å². The molecule has 2 N–H and O–H groups in total. The third kappa shape index (κ3) is 4.22. The first-order chi connectivity index (χ1) is 9.15. The molecular formula is C14H18N4S. The first-order valence-corrected chi connectivity index (χ1v) is 7.10. The highest BCUT2D eigenvalue weighted by Gasteiger charge is 2.02. The SMILES string of the molecule is CN(C)CCSc1cccc(-c2ccnc(N)n2)c1. The molecule has 4 nitrogen and oxygen atoms in total. The van der Waals surface area contributed by atoms with Gasteiger partial charge in [-0.15, -0.1) is 11.8 Å². The third-order valence-corrected chi connectivity index (χ3v) is 3.59. The number of anilines is 1. The fourth-order valence-corrected chi connectivity index (χ4v) is 2.70. The van der Waals surface area contributed by atoms with Crippen LogP contribution >= 0.6 is 11.8 Å². The molecule has 1 aromatic carbocycles. The van der Waals surface area contributed by atoms with Gasteiger partial charge in [-0.05, 0) is 32.3 Å². The van der Waals surface area contributed by atoms with Gasteiger partial charge in [-0.1, -0.05) is 12.1 Å². The molecule has 1 aromatic heterocycles. The summed E-state index contributed by atoms with van der Waals surface area (Å²) in [6.45, 7) is 1.06. The molecule has 1 heterocycles. The average Bonchev–Trinajstić information content (AvgIpc) is 2.39. The molecule has 0 amide bonds. The van der Waals surface area contributed by atoms with E-state index in [4.69, 9.17) is 5.73 Å². The van der Waals surface area contributed by atoms with Gasteiger partial charge in [0, 0.05) is 29.0 Å². The number of hydrogen-bond donors (Lipinski definition) is 1. The Bertz CT molecular complexity index is 542. The van der Waals surface area contributed by atoms with Crippen LogP contribution in [0.25, 0.3) is 11.3 Å². The van der Waals surface area contributed by atoms with E-state index in [0.717, 1.165) is 23.6 Å². The molecule has 0 saturated heterocycles. The highest BCUT2D eigenvalue weighted by atomic mass is 32.2. The van der Waals surface area contributed by atoms with Gasteiger partial charge in [0.1, 0.15) is 0 Å². The van der Waals surface area contributed by atoms with E-state index in [1.54, 1.807) is 6.20 Å². The Morgan fingerprint density at radius 1 is 1.26 bits per heavy atom. The van der Waals surface area contributed by atoms with Crippen LogP contribution in [-0.4, -0.2) is 41.3 Å². The van der Waals surface area contributed by atoms with E-state index >= 15 is 0 Å². The summed E-state index contributed by atoms with van der Waals surface area (Å²) in [6.07, 6.45) is 1.68. The van der Waals surface area contributed by atoms with Crippen LogP contribution in [0.15, 0.2) is 41.4 Å². The molecule has 0 aliphatic heterocycles. The van der Waals surface area contributed by atoms with Crippen molar-refractivity contribution in [3.8, 4) is 11.3 Å². The molecule has 0 radical (unpaired) electrons. The number of nitrogens with two attached hydrogens (primary N) is 1. The molecule has 100 valence electrons. The third-order valence-electron chi connectivity index (χ3n) is 2.61. The van der Waals surface area contributed by atoms with E-state index in [1.165, 1.54) is 4.90 Å². The summed E-state index contributed by atoms with van der Waals surface area (Å²) in [5.41, 5.74) is 7.55. The monoisotopic (exact) mass is 274 g/mol. The number of thioether (sulfide) groups is 1. The number of hydrogen-bond acceptors (Lipinski definition) is 5. The highest BCUT2D eigenvalue weighted by Crippen LogP contribution is 2.24.